The van der Waals surface area contributed by atoms with Crippen LogP contribution in [0.2, 0.25) is 10.0 Å². The number of rotatable bonds is 0. The van der Waals surface area contributed by atoms with E-state index in [2.05, 4.69) is 0 Å². The number of carbonyl (C=O) groups is 1. The fraction of sp³-hybridized carbons (Fsp3) is 0.0714. The van der Waals surface area contributed by atoms with E-state index in [1.54, 1.807) is 16.7 Å². The zero-order valence-corrected chi connectivity index (χ0v) is 11.1. The average Bonchev–Trinajstić information content (AvgIpc) is 2.61. The summed E-state index contributed by atoms with van der Waals surface area (Å²) < 4.78 is 1.66. The van der Waals surface area contributed by atoms with E-state index in [-0.39, 0.29) is 5.91 Å². The minimum atomic E-state index is -0.0420. The molecule has 0 radical (unpaired) electrons. The lowest BCUT2D eigenvalue weighted by atomic mass is 10.1. The predicted molar refractivity (Wildman–Crippen MR) is 75.8 cm³/mol. The van der Waals surface area contributed by atoms with E-state index in [1.165, 1.54) is 6.92 Å². The summed E-state index contributed by atoms with van der Waals surface area (Å²) in [5, 5.41) is 3.20. The van der Waals surface area contributed by atoms with Gasteiger partial charge < -0.3 is 0 Å². The molecular formula is C14H9Cl2NO. The van der Waals surface area contributed by atoms with Crippen molar-refractivity contribution in [3.05, 3.63) is 46.4 Å². The van der Waals surface area contributed by atoms with Gasteiger partial charge in [0.2, 0.25) is 5.91 Å². The topological polar surface area (TPSA) is 22.0 Å². The molecule has 4 heteroatoms. The second kappa shape index (κ2) is 4.01. The van der Waals surface area contributed by atoms with Crippen LogP contribution in [0.4, 0.5) is 0 Å². The number of carbonyl (C=O) groups excluding carboxylic acids is 1. The summed E-state index contributed by atoms with van der Waals surface area (Å²) in [6.45, 7) is 1.54. The number of nitrogens with zero attached hydrogens (tertiary/aromatic N) is 1. The van der Waals surface area contributed by atoms with Gasteiger partial charge >= 0.3 is 0 Å². The maximum Gasteiger partial charge on any atom is 0.228 e. The Morgan fingerprint density at radius 1 is 0.944 bits per heavy atom. The van der Waals surface area contributed by atoms with Crippen LogP contribution in [0.15, 0.2) is 36.4 Å². The zero-order chi connectivity index (χ0) is 12.9. The third kappa shape index (κ3) is 1.61. The normalized spacial score (nSPS) is 11.3. The van der Waals surface area contributed by atoms with Crippen molar-refractivity contribution in [3.8, 4) is 0 Å². The second-order valence-electron chi connectivity index (χ2n) is 4.18. The van der Waals surface area contributed by atoms with Crippen LogP contribution in [0.25, 0.3) is 21.8 Å². The summed E-state index contributed by atoms with van der Waals surface area (Å²) in [5.74, 6) is -0.0420. The van der Waals surface area contributed by atoms with Gasteiger partial charge in [-0.05, 0) is 30.3 Å². The predicted octanol–water partition coefficient (Wildman–Crippen LogP) is 4.76. The third-order valence-electron chi connectivity index (χ3n) is 3.01. The fourth-order valence-electron chi connectivity index (χ4n) is 2.31. The standard InChI is InChI=1S/C14H9Cl2NO/c1-8(18)17-13-5-3-9(15)6-12(13)11-4-2-10(16)7-14(11)17/h2-7H,1H3. The molecule has 1 heterocycles. The molecule has 18 heavy (non-hydrogen) atoms. The average molecular weight is 278 g/mol. The molecule has 0 atom stereocenters. The molecule has 2 aromatic carbocycles. The highest BCUT2D eigenvalue weighted by molar-refractivity contribution is 6.33. The Morgan fingerprint density at radius 3 is 2.33 bits per heavy atom. The van der Waals surface area contributed by atoms with Gasteiger partial charge in [-0.3, -0.25) is 9.36 Å². The Kier molecular flexibility index (Phi) is 2.58. The molecule has 1 aromatic heterocycles. The second-order valence-corrected chi connectivity index (χ2v) is 5.05. The van der Waals surface area contributed by atoms with Crippen LogP contribution in [0.3, 0.4) is 0 Å². The first-order valence-corrected chi connectivity index (χ1v) is 6.23. The smallest absolute Gasteiger partial charge is 0.228 e. The molecule has 0 aliphatic rings. The first-order valence-electron chi connectivity index (χ1n) is 5.48. The highest BCUT2D eigenvalue weighted by Crippen LogP contribution is 2.32. The summed E-state index contributed by atoms with van der Waals surface area (Å²) >= 11 is 12.0. The van der Waals surface area contributed by atoms with Gasteiger partial charge in [-0.15, -0.1) is 0 Å². The maximum absolute atomic E-state index is 11.8. The van der Waals surface area contributed by atoms with Crippen molar-refractivity contribution in [2.45, 2.75) is 6.92 Å². The molecular weight excluding hydrogens is 269 g/mol. The lowest BCUT2D eigenvalue weighted by molar-refractivity contribution is 0.0946. The lowest BCUT2D eigenvalue weighted by Gasteiger charge is -2.01. The molecule has 0 spiro atoms. The molecule has 0 N–H and O–H groups in total. The van der Waals surface area contributed by atoms with Gasteiger partial charge in [0.05, 0.1) is 11.0 Å². The first kappa shape index (κ1) is 11.6. The number of aromatic nitrogens is 1. The lowest BCUT2D eigenvalue weighted by Crippen LogP contribution is -2.04. The van der Waals surface area contributed by atoms with Gasteiger partial charge in [-0.1, -0.05) is 29.3 Å². The van der Waals surface area contributed by atoms with Crippen LogP contribution in [-0.2, 0) is 0 Å². The number of benzene rings is 2. The summed E-state index contributed by atoms with van der Waals surface area (Å²) in [4.78, 5) is 11.8. The van der Waals surface area contributed by atoms with E-state index in [9.17, 15) is 4.79 Å². The van der Waals surface area contributed by atoms with Crippen molar-refractivity contribution < 1.29 is 4.79 Å². The van der Waals surface area contributed by atoms with Crippen molar-refractivity contribution >= 4 is 50.9 Å². The number of fused-ring (bicyclic) bond motifs is 3. The fourth-order valence-corrected chi connectivity index (χ4v) is 2.64. The first-order chi connectivity index (χ1) is 8.58. The Bertz CT molecular complexity index is 789. The van der Waals surface area contributed by atoms with E-state index in [4.69, 9.17) is 23.2 Å². The van der Waals surface area contributed by atoms with Gasteiger partial charge in [0.25, 0.3) is 0 Å². The molecule has 0 unspecified atom stereocenters. The summed E-state index contributed by atoms with van der Waals surface area (Å²) in [5.41, 5.74) is 1.66. The molecule has 0 fully saturated rings. The van der Waals surface area contributed by atoms with E-state index in [0.29, 0.717) is 10.0 Å². The Hall–Kier alpha value is -1.51. The van der Waals surface area contributed by atoms with E-state index in [0.717, 1.165) is 21.8 Å². The van der Waals surface area contributed by atoms with Crippen LogP contribution in [0.5, 0.6) is 0 Å². The zero-order valence-electron chi connectivity index (χ0n) is 9.58. The van der Waals surface area contributed by atoms with Gasteiger partial charge in [-0.25, -0.2) is 0 Å². The van der Waals surface area contributed by atoms with Crippen LogP contribution < -0.4 is 0 Å². The summed E-state index contributed by atoms with van der Waals surface area (Å²) in [6, 6.07) is 11.0. The molecule has 0 saturated carbocycles. The number of hydrogen-bond acceptors (Lipinski definition) is 1. The molecule has 3 aromatic rings. The maximum atomic E-state index is 11.8. The van der Waals surface area contributed by atoms with Crippen molar-refractivity contribution in [1.82, 2.24) is 4.57 Å². The largest absolute Gasteiger partial charge is 0.280 e. The van der Waals surface area contributed by atoms with Crippen molar-refractivity contribution in [2.24, 2.45) is 0 Å². The van der Waals surface area contributed by atoms with E-state index in [1.807, 2.05) is 24.3 Å². The molecule has 3 rings (SSSR count). The van der Waals surface area contributed by atoms with Crippen molar-refractivity contribution in [2.75, 3.05) is 0 Å². The van der Waals surface area contributed by atoms with Crippen molar-refractivity contribution in [1.29, 1.82) is 0 Å². The minimum absolute atomic E-state index is 0.0420. The van der Waals surface area contributed by atoms with Crippen LogP contribution in [0.1, 0.15) is 11.7 Å². The molecule has 0 aliphatic carbocycles. The molecule has 0 amide bonds. The minimum Gasteiger partial charge on any atom is -0.280 e. The Morgan fingerprint density at radius 2 is 1.61 bits per heavy atom. The van der Waals surface area contributed by atoms with Gasteiger partial charge in [-0.2, -0.15) is 0 Å². The number of hydrogen-bond donors (Lipinski definition) is 0. The molecule has 2 nitrogen and oxygen atoms in total. The van der Waals surface area contributed by atoms with Crippen molar-refractivity contribution in [3.63, 3.8) is 0 Å². The highest BCUT2D eigenvalue weighted by Gasteiger charge is 2.13. The van der Waals surface area contributed by atoms with Gasteiger partial charge in [0, 0.05) is 27.7 Å². The van der Waals surface area contributed by atoms with Crippen LogP contribution in [0, 0.1) is 0 Å². The quantitative estimate of drug-likeness (QED) is 0.581. The SMILES string of the molecule is CC(=O)n1c2ccc(Cl)cc2c2ccc(Cl)cc21. The molecule has 90 valence electrons. The Balaban J connectivity index is 2.60. The Labute approximate surface area is 114 Å². The third-order valence-corrected chi connectivity index (χ3v) is 3.48. The molecule has 0 saturated heterocycles. The molecule has 0 bridgehead atoms. The van der Waals surface area contributed by atoms with Crippen LogP contribution in [-0.4, -0.2) is 10.5 Å². The summed E-state index contributed by atoms with van der Waals surface area (Å²) in [6.07, 6.45) is 0. The molecule has 0 aliphatic heterocycles. The monoisotopic (exact) mass is 277 g/mol. The number of halogens is 2. The van der Waals surface area contributed by atoms with E-state index < -0.39 is 0 Å². The highest BCUT2D eigenvalue weighted by atomic mass is 35.5. The summed E-state index contributed by atoms with van der Waals surface area (Å²) in [7, 11) is 0. The van der Waals surface area contributed by atoms with Crippen LogP contribution >= 0.6 is 23.2 Å². The van der Waals surface area contributed by atoms with Gasteiger partial charge in [0.15, 0.2) is 0 Å². The van der Waals surface area contributed by atoms with Gasteiger partial charge in [0.1, 0.15) is 0 Å². The van der Waals surface area contributed by atoms with E-state index >= 15 is 0 Å².